The van der Waals surface area contributed by atoms with Gasteiger partial charge in [-0.05, 0) is 46.4 Å². The first-order valence-electron chi connectivity index (χ1n) is 7.43. The van der Waals surface area contributed by atoms with Crippen LogP contribution in [0.15, 0.2) is 18.2 Å². The molecular formula is C17H26N2O. The number of piperazine rings is 1. The number of nitrogens with zero attached hydrogens (tertiary/aromatic N) is 2. The van der Waals surface area contributed by atoms with Gasteiger partial charge in [-0.2, -0.15) is 0 Å². The molecule has 0 saturated carbocycles. The Hall–Kier alpha value is -1.19. The van der Waals surface area contributed by atoms with Crippen molar-refractivity contribution >= 4 is 5.78 Å². The third-order valence-corrected chi connectivity index (χ3v) is 4.50. The molecular weight excluding hydrogens is 248 g/mol. The molecule has 0 N–H and O–H groups in total. The molecule has 2 atom stereocenters. The summed E-state index contributed by atoms with van der Waals surface area (Å²) in [5.41, 5.74) is 3.11. The van der Waals surface area contributed by atoms with Gasteiger partial charge >= 0.3 is 0 Å². The van der Waals surface area contributed by atoms with Gasteiger partial charge in [0.2, 0.25) is 0 Å². The van der Waals surface area contributed by atoms with Crippen LogP contribution >= 0.6 is 0 Å². The number of aryl methyl sites for hydroxylation is 2. The van der Waals surface area contributed by atoms with Crippen molar-refractivity contribution in [2.75, 3.05) is 26.7 Å². The van der Waals surface area contributed by atoms with Gasteiger partial charge < -0.3 is 0 Å². The summed E-state index contributed by atoms with van der Waals surface area (Å²) >= 11 is 0. The van der Waals surface area contributed by atoms with Crippen molar-refractivity contribution in [3.05, 3.63) is 34.9 Å². The molecule has 1 aliphatic rings. The van der Waals surface area contributed by atoms with Crippen LogP contribution in [-0.4, -0.2) is 54.3 Å². The van der Waals surface area contributed by atoms with Crippen LogP contribution in [0.1, 0.15) is 35.3 Å². The highest BCUT2D eigenvalue weighted by Crippen LogP contribution is 2.16. The third-order valence-electron chi connectivity index (χ3n) is 4.50. The minimum Gasteiger partial charge on any atom is -0.298 e. The molecule has 1 fully saturated rings. The number of benzene rings is 1. The van der Waals surface area contributed by atoms with Crippen molar-refractivity contribution in [2.24, 2.45) is 0 Å². The van der Waals surface area contributed by atoms with Crippen molar-refractivity contribution in [3.8, 4) is 0 Å². The van der Waals surface area contributed by atoms with E-state index in [1.54, 1.807) is 0 Å². The molecule has 1 heterocycles. The van der Waals surface area contributed by atoms with Crippen LogP contribution in [0.4, 0.5) is 0 Å². The topological polar surface area (TPSA) is 23.6 Å². The maximum absolute atomic E-state index is 12.5. The van der Waals surface area contributed by atoms with Gasteiger partial charge in [-0.25, -0.2) is 0 Å². The van der Waals surface area contributed by atoms with Crippen molar-refractivity contribution in [1.82, 2.24) is 9.80 Å². The molecule has 1 aliphatic heterocycles. The predicted octanol–water partition coefficient (Wildman–Crippen LogP) is 2.51. The van der Waals surface area contributed by atoms with E-state index >= 15 is 0 Å². The highest BCUT2D eigenvalue weighted by molar-refractivity contribution is 5.99. The van der Waals surface area contributed by atoms with E-state index in [1.807, 2.05) is 26.0 Å². The second-order valence-electron chi connectivity index (χ2n) is 6.30. The number of hydrogen-bond acceptors (Lipinski definition) is 3. The quantitative estimate of drug-likeness (QED) is 0.791. The molecule has 3 heteroatoms. The van der Waals surface area contributed by atoms with Crippen molar-refractivity contribution < 1.29 is 4.79 Å². The van der Waals surface area contributed by atoms with Crippen LogP contribution in [-0.2, 0) is 0 Å². The van der Waals surface area contributed by atoms with Crippen LogP contribution in [0.25, 0.3) is 0 Å². The summed E-state index contributed by atoms with van der Waals surface area (Å²) < 4.78 is 0. The van der Waals surface area contributed by atoms with Crippen molar-refractivity contribution in [2.45, 2.75) is 39.8 Å². The molecule has 0 spiro atoms. The highest BCUT2D eigenvalue weighted by Gasteiger charge is 2.27. The van der Waals surface area contributed by atoms with Crippen LogP contribution in [0, 0.1) is 13.8 Å². The molecule has 0 aromatic heterocycles. The van der Waals surface area contributed by atoms with Crippen molar-refractivity contribution in [1.29, 1.82) is 0 Å². The number of likely N-dealkylation sites (N-methyl/N-ethyl adjacent to an activating group) is 1. The molecule has 1 saturated heterocycles. The summed E-state index contributed by atoms with van der Waals surface area (Å²) in [6.07, 6.45) is 0. The SMILES string of the molecule is Cc1ccc(C)c(C(=O)CN2CC(C)N(C)C(C)C2)c1. The number of carbonyl (C=O) groups is 1. The maximum Gasteiger partial charge on any atom is 0.177 e. The molecule has 1 aromatic carbocycles. The lowest BCUT2D eigenvalue weighted by atomic mass is 10.0. The van der Waals surface area contributed by atoms with Gasteiger partial charge in [0, 0.05) is 30.7 Å². The second-order valence-corrected chi connectivity index (χ2v) is 6.30. The molecule has 0 aliphatic carbocycles. The summed E-state index contributed by atoms with van der Waals surface area (Å²) in [6, 6.07) is 7.13. The van der Waals surface area contributed by atoms with E-state index in [0.29, 0.717) is 18.6 Å². The Bertz CT molecular complexity index is 486. The predicted molar refractivity (Wildman–Crippen MR) is 83.4 cm³/mol. The summed E-state index contributed by atoms with van der Waals surface area (Å²) in [7, 11) is 2.17. The van der Waals surface area contributed by atoms with E-state index in [0.717, 1.165) is 29.8 Å². The Labute approximate surface area is 122 Å². The molecule has 1 aromatic rings. The lowest BCUT2D eigenvalue weighted by Gasteiger charge is -2.42. The normalized spacial score (nSPS) is 24.9. The first-order chi connectivity index (χ1) is 9.38. The number of ketones is 1. The molecule has 0 bridgehead atoms. The molecule has 110 valence electrons. The fourth-order valence-corrected chi connectivity index (χ4v) is 2.97. The zero-order valence-corrected chi connectivity index (χ0v) is 13.3. The van der Waals surface area contributed by atoms with Gasteiger partial charge in [-0.15, -0.1) is 0 Å². The van der Waals surface area contributed by atoms with Crippen LogP contribution in [0.2, 0.25) is 0 Å². The van der Waals surface area contributed by atoms with Crippen LogP contribution in [0.5, 0.6) is 0 Å². The summed E-state index contributed by atoms with van der Waals surface area (Å²) in [5.74, 6) is 0.246. The fraction of sp³-hybridized carbons (Fsp3) is 0.588. The van der Waals surface area contributed by atoms with E-state index in [9.17, 15) is 4.79 Å². The Morgan fingerprint density at radius 1 is 1.20 bits per heavy atom. The molecule has 0 amide bonds. The fourth-order valence-electron chi connectivity index (χ4n) is 2.97. The van der Waals surface area contributed by atoms with Gasteiger partial charge in [-0.1, -0.05) is 17.7 Å². The highest BCUT2D eigenvalue weighted by atomic mass is 16.1. The lowest BCUT2D eigenvalue weighted by molar-refractivity contribution is 0.0549. The van der Waals surface area contributed by atoms with Crippen LogP contribution in [0.3, 0.4) is 0 Å². The van der Waals surface area contributed by atoms with E-state index in [2.05, 4.69) is 36.8 Å². The van der Waals surface area contributed by atoms with E-state index in [4.69, 9.17) is 0 Å². The average Bonchev–Trinajstić information content (AvgIpc) is 2.38. The minimum absolute atomic E-state index is 0.246. The maximum atomic E-state index is 12.5. The van der Waals surface area contributed by atoms with Gasteiger partial charge in [0.05, 0.1) is 6.54 Å². The van der Waals surface area contributed by atoms with E-state index in [-0.39, 0.29) is 5.78 Å². The van der Waals surface area contributed by atoms with Gasteiger partial charge in [-0.3, -0.25) is 14.6 Å². The summed E-state index contributed by atoms with van der Waals surface area (Å²) in [5, 5.41) is 0. The largest absolute Gasteiger partial charge is 0.298 e. The second kappa shape index (κ2) is 6.06. The molecule has 2 rings (SSSR count). The minimum atomic E-state index is 0.246. The Morgan fingerprint density at radius 2 is 1.80 bits per heavy atom. The van der Waals surface area contributed by atoms with Gasteiger partial charge in [0.15, 0.2) is 5.78 Å². The smallest absolute Gasteiger partial charge is 0.177 e. The summed E-state index contributed by atoms with van der Waals surface area (Å²) in [4.78, 5) is 17.2. The first kappa shape index (κ1) is 15.2. The lowest BCUT2D eigenvalue weighted by Crippen LogP contribution is -2.55. The molecule has 20 heavy (non-hydrogen) atoms. The monoisotopic (exact) mass is 274 g/mol. The third kappa shape index (κ3) is 3.28. The first-order valence-corrected chi connectivity index (χ1v) is 7.43. The number of carbonyl (C=O) groups excluding carboxylic acids is 1. The molecule has 0 radical (unpaired) electrons. The number of rotatable bonds is 3. The Kier molecular flexibility index (Phi) is 4.61. The Morgan fingerprint density at radius 3 is 2.40 bits per heavy atom. The number of Topliss-reactive ketones (excluding diaryl/α,β-unsaturated/α-hetero) is 1. The molecule has 3 nitrogen and oxygen atoms in total. The molecule has 2 unspecified atom stereocenters. The average molecular weight is 274 g/mol. The standard InChI is InChI=1S/C17H26N2O/c1-12-6-7-13(2)16(8-12)17(20)11-19-9-14(3)18(5)15(4)10-19/h6-8,14-15H,9-11H2,1-5H3. The van der Waals surface area contributed by atoms with E-state index < -0.39 is 0 Å². The van der Waals surface area contributed by atoms with Gasteiger partial charge in [0.25, 0.3) is 0 Å². The van der Waals surface area contributed by atoms with E-state index in [1.165, 1.54) is 0 Å². The zero-order chi connectivity index (χ0) is 14.9. The van der Waals surface area contributed by atoms with Gasteiger partial charge in [0.1, 0.15) is 0 Å². The zero-order valence-electron chi connectivity index (χ0n) is 13.3. The van der Waals surface area contributed by atoms with Crippen molar-refractivity contribution in [3.63, 3.8) is 0 Å². The summed E-state index contributed by atoms with van der Waals surface area (Å²) in [6.45, 7) is 11.0. The number of hydrogen-bond donors (Lipinski definition) is 0. The Balaban J connectivity index is 2.06. The van der Waals surface area contributed by atoms with Crippen LogP contribution < -0.4 is 0 Å².